The highest BCUT2D eigenvalue weighted by Gasteiger charge is 2.31. The van der Waals surface area contributed by atoms with Crippen LogP contribution in [0.5, 0.6) is 17.2 Å². The van der Waals surface area contributed by atoms with Gasteiger partial charge in [-0.15, -0.1) is 0 Å². The number of nitrogens with zero attached hydrogens (tertiary/aromatic N) is 2. The number of carbonyl (C=O) groups is 1. The van der Waals surface area contributed by atoms with Crippen LogP contribution in [0.2, 0.25) is 5.02 Å². The fourth-order valence-corrected chi connectivity index (χ4v) is 4.85. The van der Waals surface area contributed by atoms with Gasteiger partial charge >= 0.3 is 0 Å². The number of hydrogen-bond acceptors (Lipinski definition) is 6. The molecule has 9 heteroatoms. The second-order valence-corrected chi connectivity index (χ2v) is 10.0. The molecule has 1 saturated heterocycles. The minimum atomic E-state index is -0.597. The first-order chi connectivity index (χ1) is 17.3. The second-order valence-electron chi connectivity index (χ2n) is 9.62. The maximum absolute atomic E-state index is 13.6. The van der Waals surface area contributed by atoms with Crippen molar-refractivity contribution < 1.29 is 28.1 Å². The fourth-order valence-electron chi connectivity index (χ4n) is 4.56. The molecule has 2 aliphatic rings. The maximum Gasteiger partial charge on any atom is 0.253 e. The van der Waals surface area contributed by atoms with Crippen LogP contribution in [0.25, 0.3) is 0 Å². The predicted molar refractivity (Wildman–Crippen MR) is 135 cm³/mol. The van der Waals surface area contributed by atoms with Gasteiger partial charge in [-0.05, 0) is 29.7 Å². The van der Waals surface area contributed by atoms with Crippen LogP contribution in [0, 0.1) is 11.7 Å². The molecule has 0 aromatic heterocycles. The van der Waals surface area contributed by atoms with E-state index in [0.29, 0.717) is 74.8 Å². The molecule has 0 radical (unpaired) electrons. The largest absolute Gasteiger partial charge is 0.496 e. The number of hydrogen-bond donors (Lipinski definition) is 0. The number of fused-ring (bicyclic) bond motifs is 1. The SMILES string of the molecule is COc1cc(F)ccc1CN1CCOC(C(=O)N(Cc2cc(Cl)c3c(c2)OCCCO3)CC(C)C)C1. The van der Waals surface area contributed by atoms with Gasteiger partial charge in [0.1, 0.15) is 17.7 Å². The summed E-state index contributed by atoms with van der Waals surface area (Å²) in [5.41, 5.74) is 1.75. The average molecular weight is 521 g/mol. The van der Waals surface area contributed by atoms with Gasteiger partial charge in [0.05, 0.1) is 32.0 Å². The van der Waals surface area contributed by atoms with Gasteiger partial charge in [0.15, 0.2) is 11.5 Å². The van der Waals surface area contributed by atoms with Gasteiger partial charge in [0, 0.05) is 50.8 Å². The molecule has 1 unspecified atom stereocenters. The molecule has 2 aromatic carbocycles. The van der Waals surface area contributed by atoms with Crippen molar-refractivity contribution >= 4 is 17.5 Å². The minimum Gasteiger partial charge on any atom is -0.496 e. The topological polar surface area (TPSA) is 60.5 Å². The summed E-state index contributed by atoms with van der Waals surface area (Å²) >= 11 is 6.49. The van der Waals surface area contributed by atoms with Gasteiger partial charge in [-0.1, -0.05) is 31.5 Å². The summed E-state index contributed by atoms with van der Waals surface area (Å²) in [4.78, 5) is 17.6. The van der Waals surface area contributed by atoms with Gasteiger partial charge in [0.25, 0.3) is 5.91 Å². The summed E-state index contributed by atoms with van der Waals surface area (Å²) in [6, 6.07) is 8.26. The molecule has 1 amide bonds. The fraction of sp³-hybridized carbons (Fsp3) is 0.519. The Bertz CT molecular complexity index is 1070. The van der Waals surface area contributed by atoms with E-state index in [4.69, 9.17) is 30.5 Å². The van der Waals surface area contributed by atoms with E-state index in [-0.39, 0.29) is 17.6 Å². The number of morpholine rings is 1. The number of ether oxygens (including phenoxy) is 4. The zero-order chi connectivity index (χ0) is 25.7. The van der Waals surface area contributed by atoms with Crippen molar-refractivity contribution in [2.24, 2.45) is 5.92 Å². The van der Waals surface area contributed by atoms with Crippen LogP contribution >= 0.6 is 11.6 Å². The third-order valence-electron chi connectivity index (χ3n) is 6.20. The third kappa shape index (κ3) is 6.60. The Kier molecular flexibility index (Phi) is 8.93. The monoisotopic (exact) mass is 520 g/mol. The van der Waals surface area contributed by atoms with Crippen molar-refractivity contribution in [3.63, 3.8) is 0 Å². The molecular weight excluding hydrogens is 487 g/mol. The minimum absolute atomic E-state index is 0.0669. The highest BCUT2D eigenvalue weighted by atomic mass is 35.5. The Morgan fingerprint density at radius 2 is 2.03 bits per heavy atom. The number of rotatable bonds is 8. The average Bonchev–Trinajstić information content (AvgIpc) is 3.10. The van der Waals surface area contributed by atoms with E-state index in [9.17, 15) is 9.18 Å². The Morgan fingerprint density at radius 3 is 2.81 bits per heavy atom. The van der Waals surface area contributed by atoms with E-state index >= 15 is 0 Å². The first-order valence-electron chi connectivity index (χ1n) is 12.4. The summed E-state index contributed by atoms with van der Waals surface area (Å²) < 4.78 is 36.4. The van der Waals surface area contributed by atoms with Gasteiger partial charge < -0.3 is 23.8 Å². The number of halogens is 2. The normalized spacial score (nSPS) is 18.1. The number of methoxy groups -OCH3 is 1. The smallest absolute Gasteiger partial charge is 0.253 e. The molecule has 1 atom stereocenters. The summed E-state index contributed by atoms with van der Waals surface area (Å²) in [7, 11) is 1.53. The molecule has 7 nitrogen and oxygen atoms in total. The lowest BCUT2D eigenvalue weighted by Gasteiger charge is -2.36. The molecule has 0 bridgehead atoms. The van der Waals surface area contributed by atoms with Crippen LogP contribution in [0.15, 0.2) is 30.3 Å². The number of amides is 1. The van der Waals surface area contributed by atoms with Crippen LogP contribution in [0.1, 0.15) is 31.4 Å². The quantitative estimate of drug-likeness (QED) is 0.509. The lowest BCUT2D eigenvalue weighted by molar-refractivity contribution is -0.151. The molecular formula is C27H34ClFN2O5. The predicted octanol–water partition coefficient (Wildman–Crippen LogP) is 4.53. The first-order valence-corrected chi connectivity index (χ1v) is 12.7. The molecule has 1 fully saturated rings. The molecule has 196 valence electrons. The number of benzene rings is 2. The summed E-state index contributed by atoms with van der Waals surface area (Å²) in [6.07, 6.45) is 0.192. The molecule has 2 aliphatic heterocycles. The van der Waals surface area contributed by atoms with Crippen molar-refractivity contribution in [1.82, 2.24) is 9.80 Å². The van der Waals surface area contributed by atoms with Gasteiger partial charge in [0.2, 0.25) is 0 Å². The van der Waals surface area contributed by atoms with Gasteiger partial charge in [-0.3, -0.25) is 9.69 Å². The van der Waals surface area contributed by atoms with Gasteiger partial charge in [-0.25, -0.2) is 4.39 Å². The zero-order valence-corrected chi connectivity index (χ0v) is 21.9. The molecule has 0 saturated carbocycles. The Hall–Kier alpha value is -2.55. The van der Waals surface area contributed by atoms with E-state index in [1.54, 1.807) is 6.07 Å². The summed E-state index contributed by atoms with van der Waals surface area (Å²) in [5, 5.41) is 0.481. The van der Waals surface area contributed by atoms with Crippen LogP contribution in [0.4, 0.5) is 4.39 Å². The van der Waals surface area contributed by atoms with Crippen molar-refractivity contribution in [1.29, 1.82) is 0 Å². The van der Waals surface area contributed by atoms with E-state index in [0.717, 1.165) is 17.5 Å². The van der Waals surface area contributed by atoms with Crippen LogP contribution < -0.4 is 14.2 Å². The van der Waals surface area contributed by atoms with Crippen molar-refractivity contribution in [2.45, 2.75) is 39.5 Å². The maximum atomic E-state index is 13.6. The summed E-state index contributed by atoms with van der Waals surface area (Å²) in [6.45, 7) is 8.34. The summed E-state index contributed by atoms with van der Waals surface area (Å²) in [5.74, 6) is 1.53. The Balaban J connectivity index is 1.48. The molecule has 4 rings (SSSR count). The van der Waals surface area contributed by atoms with Crippen LogP contribution in [-0.2, 0) is 22.6 Å². The van der Waals surface area contributed by atoms with Gasteiger partial charge in [-0.2, -0.15) is 0 Å². The number of carbonyl (C=O) groups excluding carboxylic acids is 1. The van der Waals surface area contributed by atoms with E-state index in [1.165, 1.54) is 19.2 Å². The highest BCUT2D eigenvalue weighted by molar-refractivity contribution is 6.32. The Labute approximate surface area is 217 Å². The first kappa shape index (κ1) is 26.5. The molecule has 0 N–H and O–H groups in total. The Morgan fingerprint density at radius 1 is 1.22 bits per heavy atom. The molecule has 0 aliphatic carbocycles. The van der Waals surface area contributed by atoms with Crippen molar-refractivity contribution in [3.8, 4) is 17.2 Å². The lowest BCUT2D eigenvalue weighted by atomic mass is 10.1. The van der Waals surface area contributed by atoms with Crippen LogP contribution in [-0.4, -0.2) is 68.4 Å². The molecule has 2 aromatic rings. The van der Waals surface area contributed by atoms with Crippen molar-refractivity contribution in [3.05, 3.63) is 52.3 Å². The highest BCUT2D eigenvalue weighted by Crippen LogP contribution is 2.38. The molecule has 2 heterocycles. The van der Waals surface area contributed by atoms with E-state index in [1.807, 2.05) is 17.0 Å². The van der Waals surface area contributed by atoms with Crippen molar-refractivity contribution in [2.75, 3.05) is 46.6 Å². The van der Waals surface area contributed by atoms with E-state index < -0.39 is 6.10 Å². The lowest BCUT2D eigenvalue weighted by Crippen LogP contribution is -2.51. The molecule has 36 heavy (non-hydrogen) atoms. The second kappa shape index (κ2) is 12.1. The van der Waals surface area contributed by atoms with E-state index in [2.05, 4.69) is 18.7 Å². The molecule has 0 spiro atoms. The van der Waals surface area contributed by atoms with Crippen LogP contribution in [0.3, 0.4) is 0 Å². The standard InChI is InChI=1S/C27H34ClFN2O5/c1-18(2)14-31(15-19-11-22(28)26-24(12-19)34-8-4-9-36-26)27(32)25-17-30(7-10-35-25)16-20-5-6-21(29)13-23(20)33-3/h5-6,11-13,18,25H,4,7-10,14-17H2,1-3H3. The zero-order valence-electron chi connectivity index (χ0n) is 21.1. The third-order valence-corrected chi connectivity index (χ3v) is 6.48.